The van der Waals surface area contributed by atoms with Crippen LogP contribution in [0.4, 0.5) is 13.2 Å². The second-order valence-corrected chi connectivity index (χ2v) is 32.3. The summed E-state index contributed by atoms with van der Waals surface area (Å²) in [5.41, 5.74) is 15.3. The maximum atomic E-state index is 14.3. The molecule has 0 aromatic heterocycles. The van der Waals surface area contributed by atoms with Gasteiger partial charge in [0.2, 0.25) is 0 Å². The fourth-order valence-electron chi connectivity index (χ4n) is 12.9. The molecule has 10 aromatic carbocycles. The van der Waals surface area contributed by atoms with Crippen molar-refractivity contribution in [1.82, 2.24) is 10.2 Å². The van der Waals surface area contributed by atoms with Crippen LogP contribution in [-0.4, -0.2) is 88.7 Å². The molecule has 1 aliphatic rings. The molecule has 0 atom stereocenters. The third-order valence-electron chi connectivity index (χ3n) is 18.2. The molecule has 1 saturated heterocycles. The lowest BCUT2D eigenvalue weighted by Crippen LogP contribution is -2.30. The topological polar surface area (TPSA) is 147 Å². The standard InChI is InChI=1S/C19H20Cl2O2.C19H19ClFNO2.2C19H20ClFO2.C18H19Cl2NO2/c1-12(2)6-19(22)13-4-5-18(15(7-13)11-23-3)14-8-16(20)10-17(21)9-14;1-24-12-14-10-13(19(23)22-8-2-3-9-22)4-6-16(14)17-7-5-15(20)11-18(17)21;1-12(2)8-19(22)14-4-6-16(15(9-14)11-23-3)13-5-7-18(21)17(20)10-13;1-12(2)8-19(22)13-4-6-16(14(9-13)11-23-3)17-7-5-15(20)10-18(17)21;1-11(2)21-18(22)13-4-6-15(14(8-13)10-23-3)12-5-7-16(19)17(20)9-12/h4-5,7-10,12H,6,11H2,1-3H3;4-7,10-11H,2-3,8-9,12H2,1H3;2*4-7,9-10,12H,8,11H2,1-3H3;4-9,11H,10H2,1-3H3,(H,21,22). The number of carbonyl (C=O) groups is 5. The predicted molar refractivity (Wildman–Crippen MR) is 467 cm³/mol. The molecule has 0 aliphatic carbocycles. The molecular formula is C94H98Cl7F3N2O10. The fraction of sp³-hybridized carbons (Fsp3) is 0.309. The van der Waals surface area contributed by atoms with E-state index in [-0.39, 0.29) is 40.2 Å². The zero-order valence-corrected chi connectivity index (χ0v) is 72.7. The van der Waals surface area contributed by atoms with Crippen molar-refractivity contribution >= 4 is 110 Å². The number of rotatable bonds is 27. The Balaban J connectivity index is 0.000000201. The van der Waals surface area contributed by atoms with Gasteiger partial charge in [0, 0.05) is 133 Å². The van der Waals surface area contributed by atoms with Crippen molar-refractivity contribution in [3.05, 3.63) is 290 Å². The fourth-order valence-corrected chi connectivity index (χ4v) is 14.2. The van der Waals surface area contributed by atoms with E-state index in [1.54, 1.807) is 133 Å². The predicted octanol–water partition coefficient (Wildman–Crippen LogP) is 26.6. The Hall–Kier alpha value is -8.23. The van der Waals surface area contributed by atoms with Gasteiger partial charge in [-0.15, -0.1) is 0 Å². The SMILES string of the molecule is COCc1cc(C(=O)CC(C)C)ccc1-c1cc(Cl)cc(Cl)c1.COCc1cc(C(=O)CC(C)C)ccc1-c1ccc(Cl)cc1F.COCc1cc(C(=O)CC(C)C)ccc1-c1ccc(F)c(Cl)c1.COCc1cc(C(=O)N2CCCC2)ccc1-c1ccc(Cl)cc1F.COCc1cc(C(=O)NC(C)C)ccc1-c1ccc(Cl)c(Cl)c1. The molecule has 614 valence electrons. The number of Topliss-reactive ketones (excluding diaryl/α,β-unsaturated/α-hetero) is 3. The summed E-state index contributed by atoms with van der Waals surface area (Å²) in [7, 11) is 8.02. The second kappa shape index (κ2) is 46.8. The second-order valence-electron chi connectivity index (χ2n) is 29.4. The number of hydrogen-bond donors (Lipinski definition) is 1. The Morgan fingerprint density at radius 2 is 0.672 bits per heavy atom. The monoisotopic (exact) mass is 1720 g/mol. The largest absolute Gasteiger partial charge is 0.380 e. The van der Waals surface area contributed by atoms with Gasteiger partial charge in [0.15, 0.2) is 17.3 Å². The highest BCUT2D eigenvalue weighted by atomic mass is 35.5. The van der Waals surface area contributed by atoms with E-state index in [9.17, 15) is 37.1 Å². The number of ether oxygens (including phenoxy) is 5. The molecule has 10 aromatic rings. The third-order valence-corrected chi connectivity index (χ3v) is 20.1. The maximum Gasteiger partial charge on any atom is 0.253 e. The lowest BCUT2D eigenvalue weighted by molar-refractivity contribution is 0.0791. The van der Waals surface area contributed by atoms with Crippen LogP contribution in [0.2, 0.25) is 35.2 Å². The summed E-state index contributed by atoms with van der Waals surface area (Å²) in [5.74, 6) is -0.0342. The number of methoxy groups -OCH3 is 5. The highest BCUT2D eigenvalue weighted by Crippen LogP contribution is 2.37. The van der Waals surface area contributed by atoms with Crippen LogP contribution in [0.15, 0.2) is 182 Å². The van der Waals surface area contributed by atoms with Crippen LogP contribution in [-0.2, 0) is 56.7 Å². The highest BCUT2D eigenvalue weighted by molar-refractivity contribution is 6.42. The Kier molecular flexibility index (Phi) is 38.3. The van der Waals surface area contributed by atoms with E-state index < -0.39 is 17.5 Å². The quantitative estimate of drug-likeness (QED) is 0.0494. The first kappa shape index (κ1) is 94.9. The summed E-state index contributed by atoms with van der Waals surface area (Å²) in [5, 5.41) is 5.83. The van der Waals surface area contributed by atoms with Gasteiger partial charge in [-0.05, 0) is 238 Å². The first-order chi connectivity index (χ1) is 55.3. The molecule has 0 radical (unpaired) electrons. The van der Waals surface area contributed by atoms with Crippen LogP contribution >= 0.6 is 81.2 Å². The summed E-state index contributed by atoms with van der Waals surface area (Å²) in [4.78, 5) is 63.3. The Morgan fingerprint density at radius 1 is 0.336 bits per heavy atom. The molecule has 116 heavy (non-hydrogen) atoms. The highest BCUT2D eigenvalue weighted by Gasteiger charge is 2.24. The Bertz CT molecular complexity index is 4900. The lowest BCUT2D eigenvalue weighted by atomic mass is 9.94. The number of hydrogen-bond acceptors (Lipinski definition) is 10. The van der Waals surface area contributed by atoms with Crippen molar-refractivity contribution in [2.24, 2.45) is 17.8 Å². The number of nitrogens with zero attached hydrogens (tertiary/aromatic N) is 1. The van der Waals surface area contributed by atoms with Gasteiger partial charge in [0.1, 0.15) is 17.5 Å². The average Bonchev–Trinajstić information content (AvgIpc) is 0.913. The normalized spacial score (nSPS) is 11.7. The van der Waals surface area contributed by atoms with Gasteiger partial charge in [-0.3, -0.25) is 24.0 Å². The van der Waals surface area contributed by atoms with Gasteiger partial charge in [-0.25, -0.2) is 13.2 Å². The average molecular weight is 1720 g/mol. The molecule has 0 unspecified atom stereocenters. The third kappa shape index (κ3) is 28.2. The van der Waals surface area contributed by atoms with Crippen LogP contribution in [0.3, 0.4) is 0 Å². The minimum absolute atomic E-state index is 0.0213. The smallest absolute Gasteiger partial charge is 0.253 e. The van der Waals surface area contributed by atoms with Crippen molar-refractivity contribution in [3.8, 4) is 55.6 Å². The van der Waals surface area contributed by atoms with Gasteiger partial charge in [0.25, 0.3) is 11.8 Å². The van der Waals surface area contributed by atoms with Crippen LogP contribution in [0.1, 0.15) is 167 Å². The number of amides is 2. The summed E-state index contributed by atoms with van der Waals surface area (Å²) in [6, 6.07) is 52.1. The van der Waals surface area contributed by atoms with Crippen LogP contribution in [0.5, 0.6) is 0 Å². The molecule has 1 heterocycles. The molecule has 1 aliphatic heterocycles. The Labute approximate surface area is 715 Å². The van der Waals surface area contributed by atoms with Gasteiger partial charge in [-0.1, -0.05) is 183 Å². The first-order valence-electron chi connectivity index (χ1n) is 37.8. The van der Waals surface area contributed by atoms with E-state index in [2.05, 4.69) is 5.32 Å². The van der Waals surface area contributed by atoms with Crippen molar-refractivity contribution in [1.29, 1.82) is 0 Å². The number of benzene rings is 10. The van der Waals surface area contributed by atoms with Crippen LogP contribution in [0, 0.1) is 35.2 Å². The van der Waals surface area contributed by atoms with Gasteiger partial charge in [0.05, 0.1) is 48.1 Å². The minimum Gasteiger partial charge on any atom is -0.380 e. The number of likely N-dealkylation sites (tertiary alicyclic amines) is 1. The van der Waals surface area contributed by atoms with Crippen molar-refractivity contribution in [3.63, 3.8) is 0 Å². The van der Waals surface area contributed by atoms with E-state index in [4.69, 9.17) is 105 Å². The van der Waals surface area contributed by atoms with Crippen molar-refractivity contribution in [2.45, 2.75) is 127 Å². The molecular weight excluding hydrogens is 1620 g/mol. The lowest BCUT2D eigenvalue weighted by Gasteiger charge is -2.17. The molecule has 0 spiro atoms. The van der Waals surface area contributed by atoms with Crippen LogP contribution in [0.25, 0.3) is 55.6 Å². The maximum absolute atomic E-state index is 14.3. The molecule has 0 saturated carbocycles. The van der Waals surface area contributed by atoms with E-state index >= 15 is 0 Å². The number of nitrogens with one attached hydrogen (secondary N) is 1. The van der Waals surface area contributed by atoms with Gasteiger partial charge in [-0.2, -0.15) is 0 Å². The van der Waals surface area contributed by atoms with Crippen LogP contribution < -0.4 is 5.32 Å². The summed E-state index contributed by atoms with van der Waals surface area (Å²) < 4.78 is 68.1. The Morgan fingerprint density at radius 3 is 1.04 bits per heavy atom. The number of carbonyl (C=O) groups excluding carboxylic acids is 5. The molecule has 1 fully saturated rings. The van der Waals surface area contributed by atoms with Gasteiger partial charge >= 0.3 is 0 Å². The molecule has 12 nitrogen and oxygen atoms in total. The number of halogens is 10. The molecule has 1 N–H and O–H groups in total. The molecule has 11 rings (SSSR count). The summed E-state index contributed by atoms with van der Waals surface area (Å²) in [6.07, 6.45) is 3.62. The van der Waals surface area contributed by atoms with E-state index in [1.165, 1.54) is 18.2 Å². The summed E-state index contributed by atoms with van der Waals surface area (Å²) in [6.45, 7) is 19.4. The zero-order chi connectivity index (χ0) is 85.0. The molecule has 22 heteroatoms. The summed E-state index contributed by atoms with van der Waals surface area (Å²) >= 11 is 41.8. The van der Waals surface area contributed by atoms with Crippen molar-refractivity contribution in [2.75, 3.05) is 48.6 Å². The zero-order valence-electron chi connectivity index (χ0n) is 67.4. The van der Waals surface area contributed by atoms with Gasteiger partial charge < -0.3 is 33.9 Å². The first-order valence-corrected chi connectivity index (χ1v) is 40.5. The number of ketones is 3. The van der Waals surface area contributed by atoms with E-state index in [0.717, 1.165) is 87.1 Å². The van der Waals surface area contributed by atoms with E-state index in [0.29, 0.717) is 150 Å². The molecule has 0 bridgehead atoms. The van der Waals surface area contributed by atoms with Crippen molar-refractivity contribution < 1.29 is 60.8 Å². The van der Waals surface area contributed by atoms with E-state index in [1.807, 2.05) is 127 Å². The minimum atomic E-state index is -0.451. The molecule has 2 amide bonds.